The third kappa shape index (κ3) is 7.39. The van der Waals surface area contributed by atoms with Crippen LogP contribution in [0.2, 0.25) is 0 Å². The Kier molecular flexibility index (Phi) is 9.55. The molecule has 0 bridgehead atoms. The van der Waals surface area contributed by atoms with E-state index in [1.807, 2.05) is 48.5 Å². The first-order valence-corrected chi connectivity index (χ1v) is 14.8. The highest BCUT2D eigenvalue weighted by molar-refractivity contribution is 6.49. The summed E-state index contributed by atoms with van der Waals surface area (Å²) in [6, 6.07) is 45.5. The van der Waals surface area contributed by atoms with Gasteiger partial charge in [-0.3, -0.25) is 0 Å². The highest BCUT2D eigenvalue weighted by atomic mass is 16.5. The van der Waals surface area contributed by atoms with Crippen LogP contribution in [0.15, 0.2) is 133 Å². The third-order valence-corrected chi connectivity index (χ3v) is 7.38. The van der Waals surface area contributed by atoms with E-state index < -0.39 is 0 Å². The van der Waals surface area contributed by atoms with Crippen molar-refractivity contribution in [1.82, 2.24) is 0 Å². The number of fused-ring (bicyclic) bond motifs is 2. The fraction of sp³-hybridized carbons (Fsp3) is 0.111. The van der Waals surface area contributed by atoms with Crippen LogP contribution in [0.3, 0.4) is 0 Å². The second-order valence-electron chi connectivity index (χ2n) is 10.3. The van der Waals surface area contributed by atoms with Gasteiger partial charge in [0.15, 0.2) is 0 Å². The first kappa shape index (κ1) is 28.4. The van der Waals surface area contributed by atoms with E-state index in [2.05, 4.69) is 95.6 Å². The van der Waals surface area contributed by atoms with Crippen molar-refractivity contribution >= 4 is 58.8 Å². The van der Waals surface area contributed by atoms with E-state index in [-0.39, 0.29) is 0 Å². The quantitative estimate of drug-likeness (QED) is 0.126. The molecule has 0 aliphatic heterocycles. The first-order valence-electron chi connectivity index (χ1n) is 14.8. The van der Waals surface area contributed by atoms with Gasteiger partial charge in [0, 0.05) is 48.5 Å². The predicted octanol–water partition coefficient (Wildman–Crippen LogP) is 6.00. The summed E-state index contributed by atoms with van der Waals surface area (Å²) in [4.78, 5) is 0. The zero-order chi connectivity index (χ0) is 29.1. The zero-order valence-electron chi connectivity index (χ0n) is 24.2. The van der Waals surface area contributed by atoms with Crippen LogP contribution in [-0.2, 0) is 9.31 Å². The van der Waals surface area contributed by atoms with E-state index in [0.29, 0.717) is 41.3 Å². The van der Waals surface area contributed by atoms with E-state index >= 15 is 0 Å². The van der Waals surface area contributed by atoms with Crippen LogP contribution < -0.4 is 26.3 Å². The van der Waals surface area contributed by atoms with Crippen LogP contribution in [-0.4, -0.2) is 41.3 Å². The molecular weight excluding hydrogens is 530 g/mol. The minimum atomic E-state index is 0.464. The molecule has 0 radical (unpaired) electrons. The largest absolute Gasteiger partial charge is 0.458 e. The molecule has 43 heavy (non-hydrogen) atoms. The summed E-state index contributed by atoms with van der Waals surface area (Å²) in [7, 11) is 0.928. The molecule has 0 spiro atoms. The number of para-hydroxylation sites is 2. The van der Waals surface area contributed by atoms with Crippen LogP contribution in [0.5, 0.6) is 11.5 Å². The monoisotopic (exact) mass is 564 g/mol. The fourth-order valence-electron chi connectivity index (χ4n) is 5.20. The van der Waals surface area contributed by atoms with Crippen LogP contribution >= 0.6 is 0 Å². The summed E-state index contributed by atoms with van der Waals surface area (Å²) in [5.41, 5.74) is 4.24. The van der Waals surface area contributed by atoms with Gasteiger partial charge in [-0.15, -0.1) is 0 Å². The average molecular weight is 564 g/mol. The number of hydrogen-bond acceptors (Lipinski definition) is 5. The SMILES string of the molecule is B(OCCNc1cccc2ccccc12)c1ccccc1Oc1ccccc1BOCCNc1cccc2ccccc12. The molecule has 2 N–H and O–H groups in total. The van der Waals surface area contributed by atoms with Gasteiger partial charge in [-0.25, -0.2) is 0 Å². The normalized spacial score (nSPS) is 10.9. The topological polar surface area (TPSA) is 51.8 Å². The van der Waals surface area contributed by atoms with Crippen LogP contribution in [0.25, 0.3) is 21.5 Å². The van der Waals surface area contributed by atoms with Gasteiger partial charge < -0.3 is 24.7 Å². The summed E-state index contributed by atoms with van der Waals surface area (Å²) in [6.45, 7) is 2.59. The molecular formula is C36H34B2N2O3. The van der Waals surface area contributed by atoms with E-state index in [0.717, 1.165) is 33.8 Å². The van der Waals surface area contributed by atoms with E-state index in [1.165, 1.54) is 21.5 Å². The molecule has 6 aromatic rings. The van der Waals surface area contributed by atoms with Gasteiger partial charge in [-0.2, -0.15) is 0 Å². The molecule has 0 saturated carbocycles. The van der Waals surface area contributed by atoms with E-state index in [1.54, 1.807) is 0 Å². The van der Waals surface area contributed by atoms with Crippen molar-refractivity contribution in [3.8, 4) is 11.5 Å². The highest BCUT2D eigenvalue weighted by Crippen LogP contribution is 2.24. The molecule has 0 aliphatic carbocycles. The van der Waals surface area contributed by atoms with Gasteiger partial charge in [0.05, 0.1) is 0 Å². The molecule has 0 saturated heterocycles. The highest BCUT2D eigenvalue weighted by Gasteiger charge is 2.11. The third-order valence-electron chi connectivity index (χ3n) is 7.38. The molecule has 0 amide bonds. The Labute approximate surface area is 254 Å². The number of anilines is 2. The predicted molar refractivity (Wildman–Crippen MR) is 183 cm³/mol. The molecule has 0 aromatic heterocycles. The lowest BCUT2D eigenvalue weighted by Crippen LogP contribution is -2.25. The Bertz CT molecular complexity index is 1650. The Hall–Kier alpha value is -4.71. The van der Waals surface area contributed by atoms with Crippen LogP contribution in [0.1, 0.15) is 0 Å². The Balaban J connectivity index is 0.990. The van der Waals surface area contributed by atoms with Crippen molar-refractivity contribution in [2.75, 3.05) is 36.9 Å². The average Bonchev–Trinajstić information content (AvgIpc) is 3.06. The van der Waals surface area contributed by atoms with Crippen molar-refractivity contribution in [2.24, 2.45) is 0 Å². The standard InChI is InChI=1S/C36H34B2N2O3/c1-3-15-29-27(11-1)13-9-19-33(29)39-23-25-41-37-31-17-5-7-21-35(31)43-36-22-8-6-18-32(36)38-42-26-24-40-34-20-10-14-28-12-2-4-16-30(28)34/h1-22,37-40H,23-26H2. The van der Waals surface area contributed by atoms with Crippen LogP contribution in [0.4, 0.5) is 11.4 Å². The van der Waals surface area contributed by atoms with Crippen molar-refractivity contribution in [2.45, 2.75) is 0 Å². The molecule has 5 nitrogen and oxygen atoms in total. The smallest absolute Gasteiger partial charge is 0.312 e. The molecule has 0 fully saturated rings. The molecule has 0 unspecified atom stereocenters. The summed E-state index contributed by atoms with van der Waals surface area (Å²) >= 11 is 0. The van der Waals surface area contributed by atoms with E-state index in [9.17, 15) is 0 Å². The number of nitrogens with one attached hydrogen (secondary N) is 2. The maximum absolute atomic E-state index is 6.40. The summed E-state index contributed by atoms with van der Waals surface area (Å²) in [5, 5.41) is 11.9. The maximum Gasteiger partial charge on any atom is 0.312 e. The maximum atomic E-state index is 6.40. The van der Waals surface area contributed by atoms with Crippen molar-refractivity contribution in [1.29, 1.82) is 0 Å². The molecule has 0 aliphatic rings. The summed E-state index contributed by atoms with van der Waals surface area (Å²) < 4.78 is 18.5. The fourth-order valence-corrected chi connectivity index (χ4v) is 5.20. The molecule has 6 aromatic carbocycles. The lowest BCUT2D eigenvalue weighted by molar-refractivity contribution is 0.357. The zero-order valence-corrected chi connectivity index (χ0v) is 24.2. The first-order chi connectivity index (χ1) is 21.3. The van der Waals surface area contributed by atoms with Crippen molar-refractivity contribution in [3.63, 3.8) is 0 Å². The Morgan fingerprint density at radius 1 is 0.442 bits per heavy atom. The molecule has 0 heterocycles. The molecule has 212 valence electrons. The molecule has 0 atom stereocenters. The second kappa shape index (κ2) is 14.5. The minimum Gasteiger partial charge on any atom is -0.458 e. The lowest BCUT2D eigenvalue weighted by Gasteiger charge is -2.15. The van der Waals surface area contributed by atoms with Gasteiger partial charge in [0.25, 0.3) is 0 Å². The number of ether oxygens (including phenoxy) is 1. The summed E-state index contributed by atoms with van der Waals surface area (Å²) in [5.74, 6) is 1.57. The van der Waals surface area contributed by atoms with Crippen LogP contribution in [0, 0.1) is 0 Å². The van der Waals surface area contributed by atoms with Crippen molar-refractivity contribution < 1.29 is 14.0 Å². The number of hydrogen-bond donors (Lipinski definition) is 2. The van der Waals surface area contributed by atoms with Gasteiger partial charge >= 0.3 is 15.0 Å². The molecule has 7 heteroatoms. The van der Waals surface area contributed by atoms with Gasteiger partial charge in [-0.05, 0) is 46.0 Å². The molecule has 6 rings (SSSR count). The summed E-state index contributed by atoms with van der Waals surface area (Å²) in [6.07, 6.45) is 0. The second-order valence-corrected chi connectivity index (χ2v) is 10.3. The Morgan fingerprint density at radius 2 is 0.860 bits per heavy atom. The number of benzene rings is 6. The lowest BCUT2D eigenvalue weighted by atomic mass is 9.86. The minimum absolute atomic E-state index is 0.464. The van der Waals surface area contributed by atoms with Gasteiger partial charge in [-0.1, -0.05) is 109 Å². The van der Waals surface area contributed by atoms with Gasteiger partial charge in [0.2, 0.25) is 0 Å². The van der Waals surface area contributed by atoms with Gasteiger partial charge in [0.1, 0.15) is 11.5 Å². The number of rotatable bonds is 14. The van der Waals surface area contributed by atoms with E-state index in [4.69, 9.17) is 14.0 Å². The Morgan fingerprint density at radius 3 is 1.37 bits per heavy atom. The van der Waals surface area contributed by atoms with Crippen molar-refractivity contribution in [3.05, 3.63) is 133 Å².